The van der Waals surface area contributed by atoms with Crippen molar-refractivity contribution in [2.24, 2.45) is 5.73 Å². The lowest BCUT2D eigenvalue weighted by molar-refractivity contribution is 0.872. The zero-order valence-electron chi connectivity index (χ0n) is 10.9. The van der Waals surface area contributed by atoms with Crippen LogP contribution in [0.2, 0.25) is 10.0 Å². The maximum absolute atomic E-state index is 7.71. The predicted molar refractivity (Wildman–Crippen MR) is 83.1 cm³/mol. The number of halogens is 2. The molecule has 0 bridgehead atoms. The first-order chi connectivity index (χ1) is 9.40. The predicted octanol–water partition coefficient (Wildman–Crippen LogP) is 3.84. The lowest BCUT2D eigenvalue weighted by Crippen LogP contribution is -2.16. The number of nitrogen functional groups attached to an aromatic ring is 1. The van der Waals surface area contributed by atoms with E-state index in [1.807, 2.05) is 13.8 Å². The number of hydrogen-bond donors (Lipinski definition) is 2. The average molecular weight is 327 g/mol. The average Bonchev–Trinajstić information content (AvgIpc) is 2.38. The minimum absolute atomic E-state index is 0.0406. The molecule has 0 aliphatic rings. The molecule has 0 saturated heterocycles. The van der Waals surface area contributed by atoms with Crippen LogP contribution in [-0.4, -0.2) is 16.0 Å². The fraction of sp³-hybridized carbons (Fsp3) is 0.154. The summed E-state index contributed by atoms with van der Waals surface area (Å²) in [5.74, 6) is -0.0406. The van der Waals surface area contributed by atoms with Gasteiger partial charge in [-0.3, -0.25) is 5.41 Å². The molecular formula is C13H12Cl2N4S. The Morgan fingerprint density at radius 3 is 2.60 bits per heavy atom. The lowest BCUT2D eigenvalue weighted by Gasteiger charge is -2.11. The number of benzene rings is 1. The molecule has 2 rings (SSSR count). The maximum atomic E-state index is 7.71. The second-order valence-electron chi connectivity index (χ2n) is 4.18. The molecule has 0 aliphatic carbocycles. The molecule has 104 valence electrons. The number of nitrogens with one attached hydrogen (secondary N) is 1. The first-order valence-electron chi connectivity index (χ1n) is 5.71. The molecule has 2 aromatic rings. The van der Waals surface area contributed by atoms with E-state index in [1.54, 1.807) is 18.2 Å². The van der Waals surface area contributed by atoms with Crippen LogP contribution >= 0.6 is 35.0 Å². The van der Waals surface area contributed by atoms with Crippen LogP contribution in [-0.2, 0) is 0 Å². The summed E-state index contributed by atoms with van der Waals surface area (Å²) in [6.07, 6.45) is 0. The van der Waals surface area contributed by atoms with Crippen molar-refractivity contribution in [3.63, 3.8) is 0 Å². The number of nitrogens with zero attached hydrogens (tertiary/aromatic N) is 2. The fourth-order valence-electron chi connectivity index (χ4n) is 1.63. The van der Waals surface area contributed by atoms with Crippen molar-refractivity contribution in [3.05, 3.63) is 45.1 Å². The molecule has 7 heteroatoms. The highest BCUT2D eigenvalue weighted by Gasteiger charge is 2.16. The van der Waals surface area contributed by atoms with E-state index in [4.69, 9.17) is 34.3 Å². The van der Waals surface area contributed by atoms with E-state index in [2.05, 4.69) is 10.2 Å². The van der Waals surface area contributed by atoms with Crippen LogP contribution in [0.15, 0.2) is 28.1 Å². The highest BCUT2D eigenvalue weighted by molar-refractivity contribution is 7.99. The Labute approximate surface area is 131 Å². The Morgan fingerprint density at radius 2 is 1.95 bits per heavy atom. The van der Waals surface area contributed by atoms with Crippen LogP contribution in [0, 0.1) is 19.3 Å². The number of rotatable bonds is 3. The number of nitrogens with two attached hydrogens (primary N) is 1. The first kappa shape index (κ1) is 15.1. The Balaban J connectivity index is 2.51. The van der Waals surface area contributed by atoms with Gasteiger partial charge in [-0.25, -0.2) is 0 Å². The fourth-order valence-corrected chi connectivity index (χ4v) is 3.11. The van der Waals surface area contributed by atoms with Gasteiger partial charge in [-0.1, -0.05) is 35.0 Å². The SMILES string of the molecule is Cc1nnc(Sc2cc(Cl)ccc2Cl)c(C(=N)N)c1C. The molecule has 1 aromatic carbocycles. The molecule has 0 atom stereocenters. The van der Waals surface area contributed by atoms with Gasteiger partial charge in [-0.05, 0) is 37.6 Å². The summed E-state index contributed by atoms with van der Waals surface area (Å²) in [5, 5.41) is 17.6. The third-order valence-electron chi connectivity index (χ3n) is 2.79. The highest BCUT2D eigenvalue weighted by atomic mass is 35.5. The zero-order valence-corrected chi connectivity index (χ0v) is 13.2. The van der Waals surface area contributed by atoms with Crippen LogP contribution in [0.3, 0.4) is 0 Å². The van der Waals surface area contributed by atoms with Gasteiger partial charge in [0.1, 0.15) is 10.9 Å². The largest absolute Gasteiger partial charge is 0.384 e. The van der Waals surface area contributed by atoms with Crippen molar-refractivity contribution in [1.82, 2.24) is 10.2 Å². The number of hydrogen-bond acceptors (Lipinski definition) is 4. The van der Waals surface area contributed by atoms with Gasteiger partial charge >= 0.3 is 0 Å². The molecular weight excluding hydrogens is 315 g/mol. The third kappa shape index (κ3) is 3.06. The van der Waals surface area contributed by atoms with E-state index in [0.717, 1.165) is 16.2 Å². The van der Waals surface area contributed by atoms with Gasteiger partial charge in [0.2, 0.25) is 0 Å². The molecule has 0 spiro atoms. The van der Waals surface area contributed by atoms with Gasteiger partial charge in [0.05, 0.1) is 16.3 Å². The minimum Gasteiger partial charge on any atom is -0.384 e. The van der Waals surface area contributed by atoms with E-state index in [-0.39, 0.29) is 5.84 Å². The Morgan fingerprint density at radius 1 is 1.25 bits per heavy atom. The lowest BCUT2D eigenvalue weighted by atomic mass is 10.1. The number of aromatic nitrogens is 2. The van der Waals surface area contributed by atoms with Crippen LogP contribution in [0.4, 0.5) is 0 Å². The monoisotopic (exact) mass is 326 g/mol. The number of aryl methyl sites for hydroxylation is 1. The molecule has 1 heterocycles. The van der Waals surface area contributed by atoms with E-state index in [9.17, 15) is 0 Å². The summed E-state index contributed by atoms with van der Waals surface area (Å²) in [7, 11) is 0. The van der Waals surface area contributed by atoms with E-state index < -0.39 is 0 Å². The van der Waals surface area contributed by atoms with E-state index in [1.165, 1.54) is 11.8 Å². The van der Waals surface area contributed by atoms with Crippen LogP contribution in [0.1, 0.15) is 16.8 Å². The topological polar surface area (TPSA) is 75.7 Å². The van der Waals surface area contributed by atoms with Crippen molar-refractivity contribution < 1.29 is 0 Å². The van der Waals surface area contributed by atoms with Gasteiger partial charge in [0.15, 0.2) is 0 Å². The Hall–Kier alpha value is -1.30. The second-order valence-corrected chi connectivity index (χ2v) is 6.06. The number of amidine groups is 1. The summed E-state index contributed by atoms with van der Waals surface area (Å²) in [5.41, 5.74) is 7.82. The van der Waals surface area contributed by atoms with Crippen LogP contribution in [0.25, 0.3) is 0 Å². The molecule has 0 unspecified atom stereocenters. The van der Waals surface area contributed by atoms with Gasteiger partial charge < -0.3 is 5.73 Å². The molecule has 0 fully saturated rings. The smallest absolute Gasteiger partial charge is 0.135 e. The van der Waals surface area contributed by atoms with Crippen LogP contribution in [0.5, 0.6) is 0 Å². The Bertz CT molecular complexity index is 688. The molecule has 4 nitrogen and oxygen atoms in total. The summed E-state index contributed by atoms with van der Waals surface area (Å²) in [4.78, 5) is 0.749. The highest BCUT2D eigenvalue weighted by Crippen LogP contribution is 2.36. The van der Waals surface area contributed by atoms with Crippen LogP contribution < -0.4 is 5.73 Å². The third-order valence-corrected chi connectivity index (χ3v) is 4.51. The zero-order chi connectivity index (χ0) is 14.9. The summed E-state index contributed by atoms with van der Waals surface area (Å²) in [6.45, 7) is 3.69. The van der Waals surface area contributed by atoms with Gasteiger partial charge in [0, 0.05) is 9.92 Å². The Kier molecular flexibility index (Phi) is 4.52. The van der Waals surface area contributed by atoms with Crippen molar-refractivity contribution >= 4 is 40.8 Å². The summed E-state index contributed by atoms with van der Waals surface area (Å²) >= 11 is 13.4. The molecule has 0 radical (unpaired) electrons. The standard InChI is InChI=1S/C13H12Cl2N4S/c1-6-7(2)18-19-13(11(6)12(16)17)20-10-5-8(14)3-4-9(10)15/h3-5H,1-2H3,(H3,16,17). The van der Waals surface area contributed by atoms with E-state index in [0.29, 0.717) is 20.6 Å². The molecule has 20 heavy (non-hydrogen) atoms. The van der Waals surface area contributed by atoms with Gasteiger partial charge in [0.25, 0.3) is 0 Å². The quantitative estimate of drug-likeness (QED) is 0.663. The van der Waals surface area contributed by atoms with Crippen molar-refractivity contribution in [1.29, 1.82) is 5.41 Å². The second kappa shape index (κ2) is 5.99. The molecule has 1 aromatic heterocycles. The van der Waals surface area contributed by atoms with Crippen molar-refractivity contribution in [2.75, 3.05) is 0 Å². The molecule has 3 N–H and O–H groups in total. The van der Waals surface area contributed by atoms with Crippen molar-refractivity contribution in [3.8, 4) is 0 Å². The molecule has 0 saturated carbocycles. The van der Waals surface area contributed by atoms with E-state index >= 15 is 0 Å². The van der Waals surface area contributed by atoms with Gasteiger partial charge in [-0.15, -0.1) is 5.10 Å². The first-order valence-corrected chi connectivity index (χ1v) is 7.28. The van der Waals surface area contributed by atoms with Crippen molar-refractivity contribution in [2.45, 2.75) is 23.8 Å². The molecule has 0 aliphatic heterocycles. The maximum Gasteiger partial charge on any atom is 0.135 e. The summed E-state index contributed by atoms with van der Waals surface area (Å²) < 4.78 is 0. The summed E-state index contributed by atoms with van der Waals surface area (Å²) in [6, 6.07) is 5.18. The normalized spacial score (nSPS) is 10.6. The minimum atomic E-state index is -0.0406. The van der Waals surface area contributed by atoms with Gasteiger partial charge in [-0.2, -0.15) is 5.10 Å². The molecule has 0 amide bonds.